The fourth-order valence-corrected chi connectivity index (χ4v) is 3.52. The number of piperidine rings is 1. The smallest absolute Gasteiger partial charge is 0.262 e. The normalized spacial score (nSPS) is 13.9. The number of hydrogen-bond donors (Lipinski definition) is 1. The van der Waals surface area contributed by atoms with E-state index in [1.807, 2.05) is 38.1 Å². The molecular weight excluding hydrogens is 340 g/mol. The minimum Gasteiger partial charge on any atom is -0.483 e. The molecule has 1 amide bonds. The number of nitrogens with one attached hydrogen (secondary N) is 1. The van der Waals surface area contributed by atoms with E-state index in [2.05, 4.69) is 10.2 Å². The van der Waals surface area contributed by atoms with E-state index in [0.717, 1.165) is 36.2 Å². The van der Waals surface area contributed by atoms with Crippen LogP contribution in [0.15, 0.2) is 36.4 Å². The maximum atomic E-state index is 12.2. The highest BCUT2D eigenvalue weighted by molar-refractivity contribution is 5.92. The van der Waals surface area contributed by atoms with Gasteiger partial charge in [-0.3, -0.25) is 9.59 Å². The van der Waals surface area contributed by atoms with Crippen LogP contribution in [0.2, 0.25) is 0 Å². The molecule has 1 fully saturated rings. The summed E-state index contributed by atoms with van der Waals surface area (Å²) in [5.41, 5.74) is 4.25. The van der Waals surface area contributed by atoms with Crippen molar-refractivity contribution in [3.8, 4) is 5.75 Å². The van der Waals surface area contributed by atoms with Crippen LogP contribution in [0.3, 0.4) is 0 Å². The lowest BCUT2D eigenvalue weighted by Gasteiger charge is -2.28. The molecule has 2 aromatic rings. The van der Waals surface area contributed by atoms with Crippen LogP contribution in [0.5, 0.6) is 5.75 Å². The van der Waals surface area contributed by atoms with Crippen LogP contribution in [0.1, 0.15) is 40.7 Å². The van der Waals surface area contributed by atoms with E-state index < -0.39 is 0 Å². The first kappa shape index (κ1) is 19.0. The number of ether oxygens (including phenoxy) is 1. The van der Waals surface area contributed by atoms with Crippen LogP contribution in [0, 0.1) is 13.8 Å². The van der Waals surface area contributed by atoms with E-state index in [-0.39, 0.29) is 12.5 Å². The highest BCUT2D eigenvalue weighted by Crippen LogP contribution is 2.25. The molecule has 3 rings (SSSR count). The van der Waals surface area contributed by atoms with Crippen LogP contribution in [0.25, 0.3) is 0 Å². The molecule has 0 radical (unpaired) electrons. The molecule has 1 heterocycles. The molecule has 5 nitrogen and oxygen atoms in total. The van der Waals surface area contributed by atoms with Crippen molar-refractivity contribution in [1.29, 1.82) is 0 Å². The number of amides is 1. The van der Waals surface area contributed by atoms with Gasteiger partial charge in [0, 0.05) is 30.0 Å². The van der Waals surface area contributed by atoms with Gasteiger partial charge in [0.05, 0.1) is 0 Å². The van der Waals surface area contributed by atoms with Gasteiger partial charge in [-0.15, -0.1) is 0 Å². The Morgan fingerprint density at radius 3 is 2.30 bits per heavy atom. The molecule has 0 spiro atoms. The molecule has 0 aliphatic carbocycles. The zero-order chi connectivity index (χ0) is 19.2. The third-order valence-electron chi connectivity index (χ3n) is 4.84. The average Bonchev–Trinajstić information content (AvgIpc) is 2.68. The number of hydrogen-bond acceptors (Lipinski definition) is 4. The number of anilines is 2. The van der Waals surface area contributed by atoms with Crippen molar-refractivity contribution >= 4 is 23.6 Å². The van der Waals surface area contributed by atoms with Crippen LogP contribution < -0.4 is 15.0 Å². The summed E-state index contributed by atoms with van der Waals surface area (Å²) in [6.07, 6.45) is 4.59. The van der Waals surface area contributed by atoms with Gasteiger partial charge >= 0.3 is 0 Å². The lowest BCUT2D eigenvalue weighted by Crippen LogP contribution is -2.29. The topological polar surface area (TPSA) is 58.6 Å². The Bertz CT molecular complexity index is 786. The molecule has 5 heteroatoms. The maximum Gasteiger partial charge on any atom is 0.262 e. The van der Waals surface area contributed by atoms with Crippen LogP contribution in [0.4, 0.5) is 11.4 Å². The van der Waals surface area contributed by atoms with Gasteiger partial charge in [0.25, 0.3) is 5.91 Å². The predicted octanol–water partition coefficient (Wildman–Crippen LogP) is 4.12. The fraction of sp³-hybridized carbons (Fsp3) is 0.364. The number of aldehydes is 1. The van der Waals surface area contributed by atoms with Gasteiger partial charge in [0.15, 0.2) is 6.61 Å². The summed E-state index contributed by atoms with van der Waals surface area (Å²) in [7, 11) is 0. The van der Waals surface area contributed by atoms with Crippen LogP contribution in [-0.4, -0.2) is 31.9 Å². The SMILES string of the molecule is Cc1cc(C=O)cc(C)c1OCC(=O)Nc1ccc(N2CCCCC2)cc1. The Labute approximate surface area is 160 Å². The Hall–Kier alpha value is -2.82. The van der Waals surface area contributed by atoms with E-state index in [9.17, 15) is 9.59 Å². The van der Waals surface area contributed by atoms with Gasteiger partial charge < -0.3 is 15.0 Å². The number of carbonyl (C=O) groups excluding carboxylic acids is 2. The maximum absolute atomic E-state index is 12.2. The zero-order valence-electron chi connectivity index (χ0n) is 16.0. The number of benzene rings is 2. The predicted molar refractivity (Wildman–Crippen MR) is 108 cm³/mol. The van der Waals surface area contributed by atoms with Gasteiger partial charge in [-0.1, -0.05) is 0 Å². The molecule has 2 aromatic carbocycles. The molecule has 1 aliphatic heterocycles. The zero-order valence-corrected chi connectivity index (χ0v) is 16.0. The van der Waals surface area contributed by atoms with E-state index >= 15 is 0 Å². The summed E-state index contributed by atoms with van der Waals surface area (Å²) in [5.74, 6) is 0.440. The average molecular weight is 366 g/mol. The highest BCUT2D eigenvalue weighted by atomic mass is 16.5. The molecule has 142 valence electrons. The number of nitrogens with zero attached hydrogens (tertiary/aromatic N) is 1. The number of aryl methyl sites for hydroxylation is 2. The van der Waals surface area contributed by atoms with Crippen molar-refractivity contribution in [1.82, 2.24) is 0 Å². The molecule has 0 atom stereocenters. The second-order valence-electron chi connectivity index (χ2n) is 7.03. The minimum absolute atomic E-state index is 0.0734. The monoisotopic (exact) mass is 366 g/mol. The third-order valence-corrected chi connectivity index (χ3v) is 4.84. The van der Waals surface area contributed by atoms with Crippen molar-refractivity contribution in [3.63, 3.8) is 0 Å². The van der Waals surface area contributed by atoms with Crippen molar-refractivity contribution in [2.45, 2.75) is 33.1 Å². The molecule has 1 aliphatic rings. The molecule has 0 aromatic heterocycles. The second-order valence-corrected chi connectivity index (χ2v) is 7.03. The van der Waals surface area contributed by atoms with Crippen molar-refractivity contribution in [2.75, 3.05) is 29.9 Å². The van der Waals surface area contributed by atoms with Gasteiger partial charge in [-0.2, -0.15) is 0 Å². The lowest BCUT2D eigenvalue weighted by atomic mass is 10.1. The molecule has 0 saturated carbocycles. The summed E-state index contributed by atoms with van der Waals surface area (Å²) in [6.45, 7) is 5.86. The molecule has 1 N–H and O–H groups in total. The highest BCUT2D eigenvalue weighted by Gasteiger charge is 2.12. The molecular formula is C22H26N2O3. The Balaban J connectivity index is 1.56. The Morgan fingerprint density at radius 1 is 1.07 bits per heavy atom. The Morgan fingerprint density at radius 2 is 1.70 bits per heavy atom. The standard InChI is InChI=1S/C22H26N2O3/c1-16-12-18(14-25)13-17(2)22(16)27-15-21(26)23-19-6-8-20(9-7-19)24-10-4-3-5-11-24/h6-9,12-14H,3-5,10-11,15H2,1-2H3,(H,23,26). The van der Waals surface area contributed by atoms with E-state index in [0.29, 0.717) is 11.3 Å². The van der Waals surface area contributed by atoms with Gasteiger partial charge in [0.1, 0.15) is 12.0 Å². The van der Waals surface area contributed by atoms with Crippen LogP contribution >= 0.6 is 0 Å². The van der Waals surface area contributed by atoms with Gasteiger partial charge in [0.2, 0.25) is 0 Å². The summed E-state index contributed by atoms with van der Waals surface area (Å²) in [5, 5.41) is 2.87. The lowest BCUT2D eigenvalue weighted by molar-refractivity contribution is -0.118. The van der Waals surface area contributed by atoms with Crippen molar-refractivity contribution in [3.05, 3.63) is 53.1 Å². The first-order valence-corrected chi connectivity index (χ1v) is 9.41. The molecule has 1 saturated heterocycles. The van der Waals surface area contributed by atoms with Crippen LogP contribution in [-0.2, 0) is 4.79 Å². The second kappa shape index (κ2) is 8.71. The van der Waals surface area contributed by atoms with Crippen molar-refractivity contribution in [2.24, 2.45) is 0 Å². The Kier molecular flexibility index (Phi) is 6.12. The molecule has 0 bridgehead atoms. The first-order chi connectivity index (χ1) is 13.1. The minimum atomic E-state index is -0.209. The quantitative estimate of drug-likeness (QED) is 0.781. The van der Waals surface area contributed by atoms with Gasteiger partial charge in [-0.05, 0) is 80.6 Å². The van der Waals surface area contributed by atoms with Crippen molar-refractivity contribution < 1.29 is 14.3 Å². The summed E-state index contributed by atoms with van der Waals surface area (Å²) >= 11 is 0. The number of carbonyl (C=O) groups is 2. The summed E-state index contributed by atoms with van der Waals surface area (Å²) < 4.78 is 5.68. The third kappa shape index (κ3) is 4.88. The molecule has 27 heavy (non-hydrogen) atoms. The van der Waals surface area contributed by atoms with Gasteiger partial charge in [-0.25, -0.2) is 0 Å². The largest absolute Gasteiger partial charge is 0.483 e. The summed E-state index contributed by atoms with van der Waals surface area (Å²) in [6, 6.07) is 11.5. The first-order valence-electron chi connectivity index (χ1n) is 9.41. The summed E-state index contributed by atoms with van der Waals surface area (Å²) in [4.78, 5) is 25.5. The van der Waals surface area contributed by atoms with E-state index in [1.165, 1.54) is 24.9 Å². The fourth-order valence-electron chi connectivity index (χ4n) is 3.52. The molecule has 0 unspecified atom stereocenters. The number of rotatable bonds is 6. The van der Waals surface area contributed by atoms with E-state index in [1.54, 1.807) is 12.1 Å². The van der Waals surface area contributed by atoms with E-state index in [4.69, 9.17) is 4.74 Å².